The first-order valence-electron chi connectivity index (χ1n) is 5.81. The van der Waals surface area contributed by atoms with Crippen molar-refractivity contribution in [1.29, 1.82) is 0 Å². The number of hydrogen-bond acceptors (Lipinski definition) is 4. The van der Waals surface area contributed by atoms with Gasteiger partial charge in [-0.2, -0.15) is 0 Å². The number of carbonyl (C=O) groups excluding carboxylic acids is 1. The van der Waals surface area contributed by atoms with Crippen LogP contribution in [0.5, 0.6) is 0 Å². The van der Waals surface area contributed by atoms with Crippen LogP contribution in [0.15, 0.2) is 4.90 Å². The Morgan fingerprint density at radius 3 is 1.89 bits per heavy atom. The molecule has 1 N–H and O–H groups in total. The maximum Gasteiger partial charge on any atom is 0.339 e. The van der Waals surface area contributed by atoms with Crippen LogP contribution in [0.1, 0.15) is 32.6 Å². The Kier molecular flexibility index (Phi) is 4.37. The van der Waals surface area contributed by atoms with Gasteiger partial charge in [0.15, 0.2) is 0 Å². The standard InChI is InChI=1S/C13H19NO4S/c1-7-8(2)10(4)12(19(16,17)14-5)11(9(7)3)13(15)18-6/h14H,1-6H3. The summed E-state index contributed by atoms with van der Waals surface area (Å²) in [5.74, 6) is -0.641. The van der Waals surface area contributed by atoms with Gasteiger partial charge in [-0.3, -0.25) is 0 Å². The fourth-order valence-corrected chi connectivity index (χ4v) is 3.33. The molecule has 6 heteroatoms. The Labute approximate surface area is 114 Å². The molecule has 0 radical (unpaired) electrons. The van der Waals surface area contributed by atoms with E-state index in [-0.39, 0.29) is 10.5 Å². The Morgan fingerprint density at radius 2 is 1.47 bits per heavy atom. The number of rotatable bonds is 3. The van der Waals surface area contributed by atoms with Gasteiger partial charge in [0.25, 0.3) is 0 Å². The van der Waals surface area contributed by atoms with Crippen LogP contribution in [-0.4, -0.2) is 28.5 Å². The Hall–Kier alpha value is -1.40. The first-order chi connectivity index (χ1) is 8.68. The largest absolute Gasteiger partial charge is 0.465 e. The van der Waals surface area contributed by atoms with E-state index >= 15 is 0 Å². The van der Waals surface area contributed by atoms with Gasteiger partial charge in [-0.15, -0.1) is 0 Å². The first kappa shape index (κ1) is 15.7. The van der Waals surface area contributed by atoms with E-state index in [1.54, 1.807) is 13.8 Å². The molecule has 0 atom stereocenters. The molecule has 0 aliphatic heterocycles. The number of sulfonamides is 1. The van der Waals surface area contributed by atoms with E-state index in [0.29, 0.717) is 11.1 Å². The van der Waals surface area contributed by atoms with Crippen molar-refractivity contribution >= 4 is 16.0 Å². The molecule has 0 aliphatic rings. The van der Waals surface area contributed by atoms with E-state index in [0.717, 1.165) is 11.1 Å². The lowest BCUT2D eigenvalue weighted by atomic mass is 9.94. The van der Waals surface area contributed by atoms with Crippen molar-refractivity contribution in [3.63, 3.8) is 0 Å². The number of carbonyl (C=O) groups is 1. The monoisotopic (exact) mass is 285 g/mol. The zero-order valence-corrected chi connectivity index (χ0v) is 12.9. The highest BCUT2D eigenvalue weighted by molar-refractivity contribution is 7.89. The van der Waals surface area contributed by atoms with Crippen LogP contribution < -0.4 is 4.72 Å². The van der Waals surface area contributed by atoms with Crippen LogP contribution in [0.2, 0.25) is 0 Å². The van der Waals surface area contributed by atoms with Crippen LogP contribution in [0.25, 0.3) is 0 Å². The second kappa shape index (κ2) is 5.30. The Morgan fingerprint density at radius 1 is 1.00 bits per heavy atom. The summed E-state index contributed by atoms with van der Waals surface area (Å²) in [6.07, 6.45) is 0. The van der Waals surface area contributed by atoms with E-state index in [9.17, 15) is 13.2 Å². The van der Waals surface area contributed by atoms with Crippen LogP contribution in [-0.2, 0) is 14.8 Å². The van der Waals surface area contributed by atoms with Crippen molar-refractivity contribution < 1.29 is 17.9 Å². The summed E-state index contributed by atoms with van der Waals surface area (Å²) in [5, 5.41) is 0. The molecule has 1 rings (SSSR count). The molecule has 0 unspecified atom stereocenters. The lowest BCUT2D eigenvalue weighted by Crippen LogP contribution is -2.24. The molecule has 0 fully saturated rings. The predicted octanol–water partition coefficient (Wildman–Crippen LogP) is 1.61. The number of benzene rings is 1. The molecule has 0 heterocycles. The van der Waals surface area contributed by atoms with Crippen molar-refractivity contribution in [2.24, 2.45) is 0 Å². The molecule has 1 aromatic carbocycles. The van der Waals surface area contributed by atoms with Gasteiger partial charge in [0.1, 0.15) is 0 Å². The maximum absolute atomic E-state index is 12.2. The van der Waals surface area contributed by atoms with Crippen molar-refractivity contribution in [3.05, 3.63) is 27.8 Å². The molecular formula is C13H19NO4S. The quantitative estimate of drug-likeness (QED) is 0.856. The van der Waals surface area contributed by atoms with Gasteiger partial charge < -0.3 is 4.74 Å². The highest BCUT2D eigenvalue weighted by atomic mass is 32.2. The summed E-state index contributed by atoms with van der Waals surface area (Å²) in [7, 11) is -1.17. The third-order valence-corrected chi connectivity index (χ3v) is 5.14. The van der Waals surface area contributed by atoms with Crippen molar-refractivity contribution in [2.75, 3.05) is 14.2 Å². The summed E-state index contributed by atoms with van der Waals surface area (Å²) in [6.45, 7) is 7.12. The second-order valence-corrected chi connectivity index (χ2v) is 6.23. The number of nitrogens with one attached hydrogen (secondary N) is 1. The summed E-state index contributed by atoms with van der Waals surface area (Å²) < 4.78 is 31.3. The zero-order chi connectivity index (χ0) is 15.0. The smallest absolute Gasteiger partial charge is 0.339 e. The van der Waals surface area contributed by atoms with Crippen LogP contribution in [0, 0.1) is 27.7 Å². The number of hydrogen-bond donors (Lipinski definition) is 1. The third kappa shape index (κ3) is 2.50. The molecule has 0 amide bonds. The molecule has 0 saturated heterocycles. The van der Waals surface area contributed by atoms with Crippen LogP contribution in [0.3, 0.4) is 0 Å². The second-order valence-electron chi connectivity index (χ2n) is 4.40. The highest BCUT2D eigenvalue weighted by Crippen LogP contribution is 2.30. The minimum absolute atomic E-state index is 0.00227. The van der Waals surface area contributed by atoms with Crippen molar-refractivity contribution in [1.82, 2.24) is 4.72 Å². The summed E-state index contributed by atoms with van der Waals surface area (Å²) >= 11 is 0. The third-order valence-electron chi connectivity index (χ3n) is 3.56. The van der Waals surface area contributed by atoms with Gasteiger partial charge in [-0.25, -0.2) is 17.9 Å². The molecule has 19 heavy (non-hydrogen) atoms. The van der Waals surface area contributed by atoms with Gasteiger partial charge in [-0.1, -0.05) is 0 Å². The molecule has 0 aliphatic carbocycles. The minimum atomic E-state index is -3.73. The molecule has 1 aromatic rings. The molecule has 0 saturated carbocycles. The fraction of sp³-hybridized carbons (Fsp3) is 0.462. The summed E-state index contributed by atoms with van der Waals surface area (Å²) in [6, 6.07) is 0. The fourth-order valence-electron chi connectivity index (χ4n) is 2.06. The summed E-state index contributed by atoms with van der Waals surface area (Å²) in [4.78, 5) is 11.9. The van der Waals surface area contributed by atoms with E-state index in [2.05, 4.69) is 4.72 Å². The molecular weight excluding hydrogens is 266 g/mol. The predicted molar refractivity (Wildman–Crippen MR) is 73.0 cm³/mol. The van der Waals surface area contributed by atoms with Gasteiger partial charge in [0.2, 0.25) is 10.0 Å². The summed E-state index contributed by atoms with van der Waals surface area (Å²) in [5.41, 5.74) is 3.06. The average Bonchev–Trinajstić information content (AvgIpc) is 2.38. The normalized spacial score (nSPS) is 11.5. The SMILES string of the molecule is CNS(=O)(=O)c1c(C)c(C)c(C)c(C)c1C(=O)OC. The Bertz CT molecular complexity index is 633. The first-order valence-corrected chi connectivity index (χ1v) is 7.29. The number of esters is 1. The molecule has 106 valence electrons. The van der Waals surface area contributed by atoms with E-state index < -0.39 is 16.0 Å². The van der Waals surface area contributed by atoms with Crippen molar-refractivity contribution in [3.8, 4) is 0 Å². The van der Waals surface area contributed by atoms with E-state index in [1.807, 2.05) is 13.8 Å². The maximum atomic E-state index is 12.2. The average molecular weight is 285 g/mol. The zero-order valence-electron chi connectivity index (χ0n) is 12.0. The van der Waals surface area contributed by atoms with E-state index in [4.69, 9.17) is 4.74 Å². The van der Waals surface area contributed by atoms with Gasteiger partial charge in [0.05, 0.1) is 17.6 Å². The van der Waals surface area contributed by atoms with Crippen LogP contribution in [0.4, 0.5) is 0 Å². The lowest BCUT2D eigenvalue weighted by molar-refractivity contribution is 0.0595. The molecule has 5 nitrogen and oxygen atoms in total. The highest BCUT2D eigenvalue weighted by Gasteiger charge is 2.28. The molecule has 0 bridgehead atoms. The Balaban J connectivity index is 3.94. The minimum Gasteiger partial charge on any atom is -0.465 e. The van der Waals surface area contributed by atoms with Crippen molar-refractivity contribution in [2.45, 2.75) is 32.6 Å². The van der Waals surface area contributed by atoms with Crippen LogP contribution >= 0.6 is 0 Å². The van der Waals surface area contributed by atoms with Gasteiger partial charge >= 0.3 is 5.97 Å². The van der Waals surface area contributed by atoms with E-state index in [1.165, 1.54) is 14.2 Å². The topological polar surface area (TPSA) is 72.5 Å². The lowest BCUT2D eigenvalue weighted by Gasteiger charge is -2.18. The van der Waals surface area contributed by atoms with Gasteiger partial charge in [0, 0.05) is 0 Å². The number of ether oxygens (including phenoxy) is 1. The number of methoxy groups -OCH3 is 1. The molecule has 0 aromatic heterocycles. The molecule has 0 spiro atoms. The van der Waals surface area contributed by atoms with Gasteiger partial charge in [-0.05, 0) is 57.0 Å².